The summed E-state index contributed by atoms with van der Waals surface area (Å²) in [5.74, 6) is -1.10. The number of benzene rings is 1. The first-order valence-electron chi connectivity index (χ1n) is 4.12. The van der Waals surface area contributed by atoms with Crippen LogP contribution >= 0.6 is 0 Å². The van der Waals surface area contributed by atoms with Gasteiger partial charge in [-0.15, -0.1) is 3.63 Å². The van der Waals surface area contributed by atoms with Crippen LogP contribution in [0.5, 0.6) is 0 Å². The maximum absolute atomic E-state index is 12.7. The molecule has 0 fully saturated rings. The molecular weight excluding hydrogens is 259 g/mol. The molecule has 0 saturated carbocycles. The van der Waals surface area contributed by atoms with Crippen LogP contribution in [-0.2, 0) is 30.5 Å². The van der Waals surface area contributed by atoms with Gasteiger partial charge in [-0.3, -0.25) is 0 Å². The van der Waals surface area contributed by atoms with Gasteiger partial charge in [0.05, 0.1) is 0 Å². The van der Waals surface area contributed by atoms with Gasteiger partial charge in [0.25, 0.3) is 21.1 Å². The average Bonchev–Trinajstić information content (AvgIpc) is 2.07. The predicted octanol–water partition coefficient (Wildman–Crippen LogP) is 0.507. The molecule has 0 aromatic heterocycles. The Morgan fingerprint density at radius 2 is 2.00 bits per heavy atom. The van der Waals surface area contributed by atoms with Crippen LogP contribution in [0.4, 0.5) is 4.39 Å². The fraction of sp³-hybridized carbons (Fsp3) is 0.250. The minimum atomic E-state index is -4.19. The van der Waals surface area contributed by atoms with E-state index in [0.717, 1.165) is 12.1 Å². The Morgan fingerprint density at radius 1 is 1.38 bits per heavy atom. The molecule has 1 aromatic rings. The third-order valence-electron chi connectivity index (χ3n) is 1.81. The molecule has 8 heteroatoms. The van der Waals surface area contributed by atoms with Crippen molar-refractivity contribution < 1.29 is 24.9 Å². The molecule has 5 nitrogen and oxygen atoms in total. The van der Waals surface area contributed by atoms with Crippen LogP contribution in [0.15, 0.2) is 18.2 Å². The lowest BCUT2D eigenvalue weighted by atomic mass is 10.1. The third kappa shape index (κ3) is 3.87. The molecule has 0 aliphatic rings. The molecule has 1 aromatic carbocycles. The normalized spacial score (nSPS) is 11.9. The van der Waals surface area contributed by atoms with Crippen LogP contribution in [-0.4, -0.2) is 16.8 Å². The van der Waals surface area contributed by atoms with Gasteiger partial charge in [-0.1, -0.05) is 6.07 Å². The van der Waals surface area contributed by atoms with Gasteiger partial charge in [-0.25, -0.2) is 12.8 Å². The molecule has 0 aliphatic heterocycles. The zero-order valence-electron chi connectivity index (χ0n) is 8.21. The van der Waals surface area contributed by atoms with Crippen LogP contribution in [0, 0.1) is 12.7 Å². The standard InChI is InChI=1S/C8H9FO5S2/c1-6-4-8(9)3-2-7(6)5-16(12,13)14-15(10)11/h2-4,15H,5H2,1H3. The molecule has 0 bridgehead atoms. The monoisotopic (exact) mass is 268 g/mol. The number of halogens is 1. The van der Waals surface area contributed by atoms with Gasteiger partial charge in [0.1, 0.15) is 11.6 Å². The smallest absolute Gasteiger partial charge is 0.207 e. The number of aryl methyl sites for hydroxylation is 1. The highest BCUT2D eigenvalue weighted by atomic mass is 32.3. The van der Waals surface area contributed by atoms with E-state index in [2.05, 4.69) is 3.63 Å². The summed E-state index contributed by atoms with van der Waals surface area (Å²) in [5.41, 5.74) is 0.701. The minimum absolute atomic E-state index is 0.290. The fourth-order valence-electron chi connectivity index (χ4n) is 1.13. The van der Waals surface area contributed by atoms with Crippen molar-refractivity contribution in [2.24, 2.45) is 0 Å². The maximum atomic E-state index is 12.7. The Labute approximate surface area is 94.1 Å². The molecule has 0 spiro atoms. The second-order valence-corrected chi connectivity index (χ2v) is 5.52. The average molecular weight is 268 g/mol. The Kier molecular flexibility index (Phi) is 4.00. The van der Waals surface area contributed by atoms with Crippen LogP contribution in [0.1, 0.15) is 11.1 Å². The van der Waals surface area contributed by atoms with Crippen LogP contribution in [0.2, 0.25) is 0 Å². The lowest BCUT2D eigenvalue weighted by molar-refractivity contribution is 0.476. The van der Waals surface area contributed by atoms with Gasteiger partial charge < -0.3 is 0 Å². The molecule has 1 rings (SSSR count). The van der Waals surface area contributed by atoms with E-state index in [0.29, 0.717) is 11.1 Å². The molecule has 90 valence electrons. The predicted molar refractivity (Wildman–Crippen MR) is 55.2 cm³/mol. The lowest BCUT2D eigenvalue weighted by Crippen LogP contribution is -2.08. The number of hydrogen-bond donors (Lipinski definition) is 1. The highest BCUT2D eigenvalue weighted by Gasteiger charge is 2.15. The summed E-state index contributed by atoms with van der Waals surface area (Å²) in [5, 5.41) is 0. The van der Waals surface area contributed by atoms with E-state index < -0.39 is 32.7 Å². The largest absolute Gasteiger partial charge is 0.285 e. The van der Waals surface area contributed by atoms with Crippen LogP contribution in [0.25, 0.3) is 0 Å². The molecule has 0 saturated heterocycles. The third-order valence-corrected chi connectivity index (χ3v) is 3.87. The van der Waals surface area contributed by atoms with Crippen molar-refractivity contribution in [1.29, 1.82) is 0 Å². The molecular formula is C8H9FO5S2. The Morgan fingerprint density at radius 3 is 2.50 bits per heavy atom. The van der Waals surface area contributed by atoms with E-state index >= 15 is 0 Å². The summed E-state index contributed by atoms with van der Waals surface area (Å²) >= 11 is 0. The van der Waals surface area contributed by atoms with E-state index in [1.807, 2.05) is 0 Å². The van der Waals surface area contributed by atoms with Crippen LogP contribution in [0.3, 0.4) is 0 Å². The SMILES string of the molecule is Cc1cc(F)ccc1CS(=O)(=O)O[SH](=O)=O. The molecule has 0 N–H and O–H groups in total. The van der Waals surface area contributed by atoms with Gasteiger partial charge in [0, 0.05) is 0 Å². The topological polar surface area (TPSA) is 77.5 Å². The van der Waals surface area contributed by atoms with Crippen molar-refractivity contribution in [3.8, 4) is 0 Å². The summed E-state index contributed by atoms with van der Waals surface area (Å²) in [6, 6.07) is 3.51. The number of thiol groups is 1. The van der Waals surface area contributed by atoms with Crippen molar-refractivity contribution in [3.05, 3.63) is 35.1 Å². The zero-order chi connectivity index (χ0) is 12.3. The Balaban J connectivity index is 2.97. The molecule has 0 atom stereocenters. The van der Waals surface area contributed by atoms with Crippen LogP contribution < -0.4 is 0 Å². The zero-order valence-corrected chi connectivity index (χ0v) is 9.92. The van der Waals surface area contributed by atoms with E-state index in [4.69, 9.17) is 0 Å². The van der Waals surface area contributed by atoms with Crippen molar-refractivity contribution in [2.75, 3.05) is 0 Å². The fourth-order valence-corrected chi connectivity index (χ4v) is 2.79. The summed E-state index contributed by atoms with van der Waals surface area (Å²) in [7, 11) is -7.65. The van der Waals surface area contributed by atoms with E-state index in [1.54, 1.807) is 0 Å². The highest BCUT2D eigenvalue weighted by Crippen LogP contribution is 2.14. The Bertz CT molecular complexity index is 554. The second kappa shape index (κ2) is 4.89. The molecule has 0 heterocycles. The van der Waals surface area contributed by atoms with Crippen molar-refractivity contribution in [1.82, 2.24) is 0 Å². The first kappa shape index (κ1) is 13.1. The minimum Gasteiger partial charge on any atom is -0.207 e. The van der Waals surface area contributed by atoms with E-state index in [-0.39, 0.29) is 0 Å². The van der Waals surface area contributed by atoms with Crippen molar-refractivity contribution >= 4 is 21.1 Å². The van der Waals surface area contributed by atoms with E-state index in [1.165, 1.54) is 13.0 Å². The highest BCUT2D eigenvalue weighted by molar-refractivity contribution is 7.92. The van der Waals surface area contributed by atoms with Gasteiger partial charge in [0.15, 0.2) is 0 Å². The number of rotatable bonds is 4. The molecule has 0 amide bonds. The Hall–Kier alpha value is -0.990. The molecule has 0 aliphatic carbocycles. The maximum Gasteiger partial charge on any atom is 0.285 e. The molecule has 0 radical (unpaired) electrons. The summed E-state index contributed by atoms with van der Waals surface area (Å²) < 4.78 is 59.0. The van der Waals surface area contributed by atoms with Crippen molar-refractivity contribution in [2.45, 2.75) is 12.7 Å². The number of hydrogen-bond acceptors (Lipinski definition) is 5. The quantitative estimate of drug-likeness (QED) is 0.805. The first-order chi connectivity index (χ1) is 7.30. The molecule has 16 heavy (non-hydrogen) atoms. The lowest BCUT2D eigenvalue weighted by Gasteiger charge is -2.04. The summed E-state index contributed by atoms with van der Waals surface area (Å²) in [6.07, 6.45) is 0. The van der Waals surface area contributed by atoms with Crippen molar-refractivity contribution in [3.63, 3.8) is 0 Å². The second-order valence-electron chi connectivity index (χ2n) is 3.07. The van der Waals surface area contributed by atoms with E-state index in [9.17, 15) is 21.2 Å². The van der Waals surface area contributed by atoms with Gasteiger partial charge in [0.2, 0.25) is 0 Å². The summed E-state index contributed by atoms with van der Waals surface area (Å²) in [6.45, 7) is 1.52. The summed E-state index contributed by atoms with van der Waals surface area (Å²) in [4.78, 5) is 0. The van der Waals surface area contributed by atoms with Gasteiger partial charge in [-0.2, -0.15) is 8.42 Å². The van der Waals surface area contributed by atoms with Gasteiger partial charge in [-0.05, 0) is 30.2 Å². The molecule has 0 unspecified atom stereocenters. The first-order valence-corrected chi connectivity index (χ1v) is 6.79. The van der Waals surface area contributed by atoms with Gasteiger partial charge >= 0.3 is 0 Å².